The standard InChI is InChI=1S/C21H18FN5O4S2/c1-26-18(15-7-4-10-31-15)24-25-20(26)32-12-17(28)23-8-9-27-19(29)16(33-21(27)30)11-13-5-2-3-6-14(13)22/h2-7,10-11H,8-9,12H2,1H3,(H,23,28). The number of amides is 3. The van der Waals surface area contributed by atoms with Crippen LogP contribution in [-0.4, -0.2) is 55.6 Å². The molecule has 0 unspecified atom stereocenters. The summed E-state index contributed by atoms with van der Waals surface area (Å²) >= 11 is 1.94. The molecule has 4 rings (SSSR count). The summed E-state index contributed by atoms with van der Waals surface area (Å²) < 4.78 is 20.9. The third-order valence-corrected chi connectivity index (χ3v) is 6.56. The molecule has 2 aromatic heterocycles. The number of hydrogen-bond donors (Lipinski definition) is 1. The molecule has 33 heavy (non-hydrogen) atoms. The molecule has 3 aromatic rings. The first-order valence-electron chi connectivity index (χ1n) is 9.76. The third kappa shape index (κ3) is 5.17. The zero-order valence-electron chi connectivity index (χ0n) is 17.4. The highest BCUT2D eigenvalue weighted by Crippen LogP contribution is 2.32. The lowest BCUT2D eigenvalue weighted by Gasteiger charge is -2.12. The molecule has 0 radical (unpaired) electrons. The summed E-state index contributed by atoms with van der Waals surface area (Å²) in [5.41, 5.74) is 0.229. The van der Waals surface area contributed by atoms with Crippen LogP contribution in [0.1, 0.15) is 5.56 Å². The second-order valence-electron chi connectivity index (χ2n) is 6.84. The number of aromatic nitrogens is 3. The Morgan fingerprint density at radius 1 is 1.24 bits per heavy atom. The fraction of sp³-hybridized carbons (Fsp3) is 0.190. The normalized spacial score (nSPS) is 15.0. The van der Waals surface area contributed by atoms with Crippen molar-refractivity contribution in [3.63, 3.8) is 0 Å². The summed E-state index contributed by atoms with van der Waals surface area (Å²) in [7, 11) is 1.77. The molecule has 0 bridgehead atoms. The van der Waals surface area contributed by atoms with Crippen LogP contribution in [0, 0.1) is 5.82 Å². The minimum atomic E-state index is -0.513. The summed E-state index contributed by atoms with van der Waals surface area (Å²) in [6.07, 6.45) is 2.89. The number of nitrogens with zero attached hydrogens (tertiary/aromatic N) is 4. The Balaban J connectivity index is 1.26. The lowest BCUT2D eigenvalue weighted by Crippen LogP contribution is -2.37. The van der Waals surface area contributed by atoms with E-state index >= 15 is 0 Å². The van der Waals surface area contributed by atoms with Gasteiger partial charge in [-0.25, -0.2) is 4.39 Å². The van der Waals surface area contributed by atoms with Gasteiger partial charge in [0.05, 0.1) is 16.9 Å². The number of carbonyl (C=O) groups is 3. The van der Waals surface area contributed by atoms with Gasteiger partial charge >= 0.3 is 0 Å². The predicted octanol–water partition coefficient (Wildman–Crippen LogP) is 3.16. The van der Waals surface area contributed by atoms with Gasteiger partial charge in [0.1, 0.15) is 5.82 Å². The van der Waals surface area contributed by atoms with Gasteiger partial charge in [-0.15, -0.1) is 10.2 Å². The van der Waals surface area contributed by atoms with Crippen molar-refractivity contribution in [3.05, 3.63) is 58.9 Å². The minimum Gasteiger partial charge on any atom is -0.461 e. The zero-order chi connectivity index (χ0) is 23.4. The number of thioether (sulfide) groups is 2. The highest BCUT2D eigenvalue weighted by atomic mass is 32.2. The molecule has 3 heterocycles. The van der Waals surface area contributed by atoms with Gasteiger partial charge in [-0.1, -0.05) is 30.0 Å². The van der Waals surface area contributed by atoms with Crippen molar-refractivity contribution in [1.29, 1.82) is 0 Å². The predicted molar refractivity (Wildman–Crippen MR) is 122 cm³/mol. The number of nitrogens with one attached hydrogen (secondary N) is 1. The maximum Gasteiger partial charge on any atom is 0.293 e. The van der Waals surface area contributed by atoms with E-state index in [1.807, 2.05) is 0 Å². The lowest BCUT2D eigenvalue weighted by molar-refractivity contribution is -0.123. The second kappa shape index (κ2) is 10.0. The first kappa shape index (κ1) is 22.8. The zero-order valence-corrected chi connectivity index (χ0v) is 19.0. The molecule has 1 saturated heterocycles. The van der Waals surface area contributed by atoms with Crippen molar-refractivity contribution in [2.75, 3.05) is 18.8 Å². The van der Waals surface area contributed by atoms with Crippen molar-refractivity contribution in [2.24, 2.45) is 7.05 Å². The van der Waals surface area contributed by atoms with Crippen LogP contribution in [0.25, 0.3) is 17.7 Å². The van der Waals surface area contributed by atoms with Gasteiger partial charge in [0.2, 0.25) is 5.91 Å². The Labute approximate surface area is 196 Å². The van der Waals surface area contributed by atoms with E-state index in [2.05, 4.69) is 15.5 Å². The van der Waals surface area contributed by atoms with Gasteiger partial charge in [-0.3, -0.25) is 19.3 Å². The Hall–Kier alpha value is -3.38. The Kier molecular flexibility index (Phi) is 6.94. The monoisotopic (exact) mass is 487 g/mol. The highest BCUT2D eigenvalue weighted by Gasteiger charge is 2.34. The fourth-order valence-corrected chi connectivity index (χ4v) is 4.57. The maximum atomic E-state index is 13.8. The van der Waals surface area contributed by atoms with E-state index in [1.54, 1.807) is 35.9 Å². The van der Waals surface area contributed by atoms with Gasteiger partial charge in [0, 0.05) is 25.7 Å². The van der Waals surface area contributed by atoms with Crippen molar-refractivity contribution >= 4 is 46.7 Å². The van der Waals surface area contributed by atoms with E-state index in [-0.39, 0.29) is 35.2 Å². The van der Waals surface area contributed by atoms with E-state index in [0.717, 1.165) is 16.7 Å². The van der Waals surface area contributed by atoms with Crippen LogP contribution in [0.15, 0.2) is 57.1 Å². The van der Waals surface area contributed by atoms with Crippen LogP contribution in [0.2, 0.25) is 0 Å². The van der Waals surface area contributed by atoms with Crippen LogP contribution in [0.3, 0.4) is 0 Å². The Morgan fingerprint density at radius 3 is 2.82 bits per heavy atom. The molecule has 1 aliphatic heterocycles. The molecule has 0 atom stereocenters. The SMILES string of the molecule is Cn1c(SCC(=O)NCCN2C(=O)SC(=Cc3ccccc3F)C2=O)nnc1-c1ccco1. The molecule has 1 aromatic carbocycles. The molecular formula is C21H18FN5O4S2. The summed E-state index contributed by atoms with van der Waals surface area (Å²) in [4.78, 5) is 38.1. The topological polar surface area (TPSA) is 110 Å². The van der Waals surface area contributed by atoms with Crippen LogP contribution in [0.4, 0.5) is 9.18 Å². The molecule has 0 aliphatic carbocycles. The molecule has 1 fully saturated rings. The summed E-state index contributed by atoms with van der Waals surface area (Å²) in [6, 6.07) is 9.50. The van der Waals surface area contributed by atoms with Crippen molar-refractivity contribution in [2.45, 2.75) is 5.16 Å². The van der Waals surface area contributed by atoms with Gasteiger partial charge in [-0.05, 0) is 36.0 Å². The van der Waals surface area contributed by atoms with Crippen molar-refractivity contribution < 1.29 is 23.2 Å². The molecule has 12 heteroatoms. The molecule has 170 valence electrons. The maximum absolute atomic E-state index is 13.8. The number of halogens is 1. The van der Waals surface area contributed by atoms with Crippen molar-refractivity contribution in [1.82, 2.24) is 25.0 Å². The summed E-state index contributed by atoms with van der Waals surface area (Å²) in [5, 5.41) is 10.9. The minimum absolute atomic E-state index is 0.0162. The van der Waals surface area contributed by atoms with Gasteiger partial charge < -0.3 is 14.3 Å². The molecule has 3 amide bonds. The van der Waals surface area contributed by atoms with Gasteiger partial charge in [0.25, 0.3) is 11.1 Å². The molecule has 1 aliphatic rings. The largest absolute Gasteiger partial charge is 0.461 e. The van der Waals surface area contributed by atoms with E-state index in [4.69, 9.17) is 4.42 Å². The Bertz CT molecular complexity index is 1230. The second-order valence-corrected chi connectivity index (χ2v) is 8.77. The number of imide groups is 1. The molecule has 1 N–H and O–H groups in total. The van der Waals surface area contributed by atoms with Gasteiger partial charge in [0.15, 0.2) is 16.7 Å². The van der Waals surface area contributed by atoms with Crippen LogP contribution in [0.5, 0.6) is 0 Å². The Morgan fingerprint density at radius 2 is 2.06 bits per heavy atom. The fourth-order valence-electron chi connectivity index (χ4n) is 2.98. The highest BCUT2D eigenvalue weighted by molar-refractivity contribution is 8.18. The number of furan rings is 1. The van der Waals surface area contributed by atoms with Crippen LogP contribution >= 0.6 is 23.5 Å². The van der Waals surface area contributed by atoms with Crippen LogP contribution < -0.4 is 5.32 Å². The smallest absolute Gasteiger partial charge is 0.293 e. The molecule has 0 spiro atoms. The number of hydrogen-bond acceptors (Lipinski definition) is 8. The van der Waals surface area contributed by atoms with E-state index in [1.165, 1.54) is 36.2 Å². The van der Waals surface area contributed by atoms with Gasteiger partial charge in [-0.2, -0.15) is 0 Å². The average Bonchev–Trinajstić information content (AvgIpc) is 3.50. The third-order valence-electron chi connectivity index (χ3n) is 4.63. The van der Waals surface area contributed by atoms with Crippen LogP contribution in [-0.2, 0) is 16.6 Å². The summed E-state index contributed by atoms with van der Waals surface area (Å²) in [6.45, 7) is 0.114. The molecule has 9 nitrogen and oxygen atoms in total. The number of rotatable bonds is 8. The van der Waals surface area contributed by atoms with E-state index in [9.17, 15) is 18.8 Å². The number of carbonyl (C=O) groups excluding carboxylic acids is 3. The number of benzene rings is 1. The lowest BCUT2D eigenvalue weighted by atomic mass is 10.2. The summed E-state index contributed by atoms with van der Waals surface area (Å²) in [5.74, 6) is -0.0708. The average molecular weight is 488 g/mol. The quantitative estimate of drug-likeness (QED) is 0.381. The van der Waals surface area contributed by atoms with E-state index < -0.39 is 17.0 Å². The first-order valence-corrected chi connectivity index (χ1v) is 11.6. The van der Waals surface area contributed by atoms with Crippen molar-refractivity contribution in [3.8, 4) is 11.6 Å². The molecular weight excluding hydrogens is 469 g/mol. The first-order chi connectivity index (χ1) is 15.9. The molecule has 0 saturated carbocycles. The van der Waals surface area contributed by atoms with E-state index in [0.29, 0.717) is 16.7 Å².